The molecule has 33 heavy (non-hydrogen) atoms. The van der Waals surface area contributed by atoms with Crippen molar-refractivity contribution in [1.29, 1.82) is 0 Å². The molecular weight excluding hydrogens is 427 g/mol. The molecule has 2 aromatic carbocycles. The van der Waals surface area contributed by atoms with Crippen molar-refractivity contribution in [1.82, 2.24) is 14.9 Å². The van der Waals surface area contributed by atoms with Gasteiger partial charge in [0.15, 0.2) is 17.1 Å². The lowest BCUT2D eigenvalue weighted by Crippen LogP contribution is -2.37. The van der Waals surface area contributed by atoms with E-state index in [0.29, 0.717) is 46.1 Å². The number of benzene rings is 2. The summed E-state index contributed by atoms with van der Waals surface area (Å²) in [5, 5.41) is 4.57. The highest BCUT2D eigenvalue weighted by molar-refractivity contribution is 5.97. The van der Waals surface area contributed by atoms with Crippen LogP contribution >= 0.6 is 0 Å². The van der Waals surface area contributed by atoms with Crippen molar-refractivity contribution in [2.24, 2.45) is 0 Å². The maximum absolute atomic E-state index is 14.1. The number of rotatable bonds is 8. The number of anilines is 2. The molecule has 5 rings (SSSR count). The Hall–Kier alpha value is -3.43. The van der Waals surface area contributed by atoms with Crippen LogP contribution in [0.1, 0.15) is 6.42 Å². The van der Waals surface area contributed by atoms with Crippen molar-refractivity contribution >= 4 is 33.4 Å². The molecule has 0 amide bonds. The van der Waals surface area contributed by atoms with E-state index in [2.05, 4.69) is 20.2 Å². The van der Waals surface area contributed by atoms with E-state index < -0.39 is 0 Å². The van der Waals surface area contributed by atoms with Gasteiger partial charge in [0.2, 0.25) is 0 Å². The van der Waals surface area contributed by atoms with Crippen molar-refractivity contribution in [3.8, 4) is 11.5 Å². The lowest BCUT2D eigenvalue weighted by Gasteiger charge is -2.26. The number of morpholine rings is 1. The van der Waals surface area contributed by atoms with Crippen LogP contribution in [-0.2, 0) is 4.74 Å². The second-order valence-electron chi connectivity index (χ2n) is 7.82. The molecule has 0 saturated carbocycles. The second-order valence-corrected chi connectivity index (χ2v) is 7.82. The molecule has 8 nitrogen and oxygen atoms in total. The van der Waals surface area contributed by atoms with Crippen LogP contribution in [-0.4, -0.2) is 61.4 Å². The maximum Gasteiger partial charge on any atom is 0.163 e. The first-order chi connectivity index (χ1) is 16.2. The molecule has 1 fully saturated rings. The van der Waals surface area contributed by atoms with Gasteiger partial charge in [0.05, 0.1) is 44.4 Å². The average molecular weight is 452 g/mol. The average Bonchev–Trinajstić information content (AvgIpc) is 3.31. The zero-order valence-electron chi connectivity index (χ0n) is 18.3. The molecular formula is C24H25FN4O4. The van der Waals surface area contributed by atoms with E-state index in [4.69, 9.17) is 18.6 Å². The summed E-state index contributed by atoms with van der Waals surface area (Å²) in [7, 11) is 1.59. The number of fused-ring (bicyclic) bond motifs is 2. The van der Waals surface area contributed by atoms with Crippen molar-refractivity contribution in [2.45, 2.75) is 6.42 Å². The highest BCUT2D eigenvalue weighted by atomic mass is 19.1. The first-order valence-corrected chi connectivity index (χ1v) is 10.9. The zero-order valence-corrected chi connectivity index (χ0v) is 18.3. The fraction of sp³-hybridized carbons (Fsp3) is 0.333. The summed E-state index contributed by atoms with van der Waals surface area (Å²) in [6.45, 7) is 5.02. The Morgan fingerprint density at radius 1 is 1.12 bits per heavy atom. The van der Waals surface area contributed by atoms with Crippen LogP contribution in [0.25, 0.3) is 21.9 Å². The molecule has 0 aliphatic carbocycles. The summed E-state index contributed by atoms with van der Waals surface area (Å²) >= 11 is 0. The summed E-state index contributed by atoms with van der Waals surface area (Å²) in [6.07, 6.45) is 3.88. The minimum absolute atomic E-state index is 0.366. The third-order valence-corrected chi connectivity index (χ3v) is 5.67. The van der Waals surface area contributed by atoms with E-state index in [0.717, 1.165) is 44.7 Å². The van der Waals surface area contributed by atoms with E-state index in [9.17, 15) is 4.39 Å². The smallest absolute Gasteiger partial charge is 0.163 e. The van der Waals surface area contributed by atoms with Crippen LogP contribution in [0.2, 0.25) is 0 Å². The summed E-state index contributed by atoms with van der Waals surface area (Å²) in [6, 6.07) is 8.18. The molecule has 0 unspecified atom stereocenters. The lowest BCUT2D eigenvalue weighted by molar-refractivity contribution is 0.0357. The van der Waals surface area contributed by atoms with Crippen LogP contribution in [0.5, 0.6) is 11.5 Å². The SMILES string of the molecule is COc1cc2c(Nc3cc(F)cc4ccoc34)ncnc2cc1OCCCN1CCOCC1. The van der Waals surface area contributed by atoms with Gasteiger partial charge in [-0.25, -0.2) is 14.4 Å². The molecule has 0 atom stereocenters. The van der Waals surface area contributed by atoms with Gasteiger partial charge >= 0.3 is 0 Å². The standard InChI is InChI=1S/C24H25FN4O4/c1-30-21-13-18-19(14-22(21)32-7-2-4-29-5-9-31-10-6-29)26-15-27-24(18)28-20-12-17(25)11-16-3-8-33-23(16)20/h3,8,11-15H,2,4-7,9-10H2,1H3,(H,26,27,28). The molecule has 1 N–H and O–H groups in total. The Morgan fingerprint density at radius 2 is 2.00 bits per heavy atom. The van der Waals surface area contributed by atoms with E-state index in [1.54, 1.807) is 13.2 Å². The molecule has 9 heteroatoms. The fourth-order valence-electron chi connectivity index (χ4n) is 4.00. The second kappa shape index (κ2) is 9.60. The van der Waals surface area contributed by atoms with Gasteiger partial charge in [-0.3, -0.25) is 4.90 Å². The molecule has 1 aliphatic heterocycles. The van der Waals surface area contributed by atoms with Crippen molar-refractivity contribution in [3.63, 3.8) is 0 Å². The monoisotopic (exact) mass is 452 g/mol. The number of halogens is 1. The predicted molar refractivity (Wildman–Crippen MR) is 123 cm³/mol. The van der Waals surface area contributed by atoms with Gasteiger partial charge in [-0.05, 0) is 24.6 Å². The van der Waals surface area contributed by atoms with Crippen molar-refractivity contribution < 1.29 is 23.0 Å². The van der Waals surface area contributed by atoms with Crippen LogP contribution in [0.15, 0.2) is 47.3 Å². The van der Waals surface area contributed by atoms with Gasteiger partial charge in [0.25, 0.3) is 0 Å². The molecule has 1 aliphatic rings. The van der Waals surface area contributed by atoms with Crippen LogP contribution in [0, 0.1) is 5.82 Å². The molecule has 0 spiro atoms. The number of hydrogen-bond donors (Lipinski definition) is 1. The van der Waals surface area contributed by atoms with Crippen molar-refractivity contribution in [2.75, 3.05) is 51.9 Å². The zero-order chi connectivity index (χ0) is 22.6. The third-order valence-electron chi connectivity index (χ3n) is 5.67. The van der Waals surface area contributed by atoms with Crippen LogP contribution in [0.3, 0.4) is 0 Å². The Balaban J connectivity index is 1.36. The molecule has 0 radical (unpaired) electrons. The number of aromatic nitrogens is 2. The number of ether oxygens (including phenoxy) is 3. The van der Waals surface area contributed by atoms with Crippen molar-refractivity contribution in [3.05, 3.63) is 48.7 Å². The third kappa shape index (κ3) is 4.69. The minimum Gasteiger partial charge on any atom is -0.493 e. The quantitative estimate of drug-likeness (QED) is 0.395. The number of hydrogen-bond acceptors (Lipinski definition) is 8. The van der Waals surface area contributed by atoms with Gasteiger partial charge in [-0.2, -0.15) is 0 Å². The van der Waals surface area contributed by atoms with E-state index >= 15 is 0 Å². The minimum atomic E-state index is -0.366. The Kier molecular flexibility index (Phi) is 6.23. The number of methoxy groups -OCH3 is 1. The van der Waals surface area contributed by atoms with Gasteiger partial charge in [0.1, 0.15) is 18.0 Å². The fourth-order valence-corrected chi connectivity index (χ4v) is 4.00. The highest BCUT2D eigenvalue weighted by Gasteiger charge is 2.15. The Morgan fingerprint density at radius 3 is 2.85 bits per heavy atom. The normalized spacial score (nSPS) is 14.6. The largest absolute Gasteiger partial charge is 0.493 e. The van der Waals surface area contributed by atoms with E-state index in [1.165, 1.54) is 24.7 Å². The maximum atomic E-state index is 14.1. The Bertz CT molecular complexity index is 1260. The predicted octanol–water partition coefficient (Wildman–Crippen LogP) is 4.37. The highest BCUT2D eigenvalue weighted by Crippen LogP contribution is 2.36. The molecule has 3 heterocycles. The number of nitrogens with zero attached hydrogens (tertiary/aromatic N) is 3. The molecule has 2 aromatic heterocycles. The molecule has 0 bridgehead atoms. The van der Waals surface area contributed by atoms with Crippen LogP contribution in [0.4, 0.5) is 15.9 Å². The van der Waals surface area contributed by atoms with E-state index in [-0.39, 0.29) is 5.82 Å². The van der Waals surface area contributed by atoms with Gasteiger partial charge in [-0.1, -0.05) is 0 Å². The number of nitrogens with one attached hydrogen (secondary N) is 1. The van der Waals surface area contributed by atoms with Crippen LogP contribution < -0.4 is 14.8 Å². The summed E-state index contributed by atoms with van der Waals surface area (Å²) < 4.78 is 36.6. The lowest BCUT2D eigenvalue weighted by atomic mass is 10.2. The molecule has 4 aromatic rings. The summed E-state index contributed by atoms with van der Waals surface area (Å²) in [5.74, 6) is 1.35. The topological polar surface area (TPSA) is 81.9 Å². The van der Waals surface area contributed by atoms with Gasteiger partial charge in [-0.15, -0.1) is 0 Å². The molecule has 172 valence electrons. The van der Waals surface area contributed by atoms with Gasteiger partial charge in [0, 0.05) is 42.5 Å². The molecule has 1 saturated heterocycles. The van der Waals surface area contributed by atoms with E-state index in [1.807, 2.05) is 12.1 Å². The first kappa shape index (κ1) is 21.4. The Labute approximate surface area is 190 Å². The van der Waals surface area contributed by atoms with Gasteiger partial charge < -0.3 is 23.9 Å². The summed E-state index contributed by atoms with van der Waals surface area (Å²) in [4.78, 5) is 11.1. The summed E-state index contributed by atoms with van der Waals surface area (Å²) in [5.41, 5.74) is 1.72. The first-order valence-electron chi connectivity index (χ1n) is 10.9. The number of furan rings is 1.